The molecule has 0 aliphatic heterocycles. The summed E-state index contributed by atoms with van der Waals surface area (Å²) in [5.41, 5.74) is 6.66. The minimum atomic E-state index is -3.74. The number of nitrogens with two attached hydrogens (primary N) is 1. The Morgan fingerprint density at radius 2 is 2.10 bits per heavy atom. The van der Waals surface area contributed by atoms with E-state index < -0.39 is 10.0 Å². The number of aromatic nitrogens is 4. The van der Waals surface area contributed by atoms with Crippen molar-refractivity contribution in [2.75, 3.05) is 5.73 Å². The van der Waals surface area contributed by atoms with Crippen LogP contribution in [0.3, 0.4) is 0 Å². The molecule has 9 heteroatoms. The second kappa shape index (κ2) is 5.11. The molecule has 4 N–H and O–H groups in total. The number of aromatic amines is 1. The molecule has 0 radical (unpaired) electrons. The number of benzene rings is 1. The Morgan fingerprint density at radius 1 is 1.24 bits per heavy atom. The van der Waals surface area contributed by atoms with Gasteiger partial charge in [0.2, 0.25) is 10.0 Å². The molecule has 0 bridgehead atoms. The van der Waals surface area contributed by atoms with E-state index in [-0.39, 0.29) is 11.4 Å². The predicted octanol–water partition coefficient (Wildman–Crippen LogP) is 0.414. The molecule has 0 atom stereocenters. The standard InChI is InChI=1S/C12H12N6O2S/c13-9-3-4-10(12-8(9)2-1-5-14-12)21(19,20)17-6-11-15-7-16-18-11/h1-5,7,17H,6,13H2,(H,15,16,18). The molecule has 8 nitrogen and oxygen atoms in total. The van der Waals surface area contributed by atoms with Crippen LogP contribution in [0.15, 0.2) is 41.7 Å². The molecule has 0 aliphatic carbocycles. The van der Waals surface area contributed by atoms with Crippen LogP contribution in [0.4, 0.5) is 5.69 Å². The highest BCUT2D eigenvalue weighted by atomic mass is 32.2. The summed E-state index contributed by atoms with van der Waals surface area (Å²) in [5, 5.41) is 6.84. The Bertz CT molecular complexity index is 876. The van der Waals surface area contributed by atoms with Crippen molar-refractivity contribution >= 4 is 26.6 Å². The van der Waals surface area contributed by atoms with Gasteiger partial charge in [0.25, 0.3) is 0 Å². The first-order valence-corrected chi connectivity index (χ1v) is 7.53. The zero-order valence-electron chi connectivity index (χ0n) is 10.8. The Kier molecular flexibility index (Phi) is 3.28. The Labute approximate surface area is 120 Å². The number of nitrogen functional groups attached to an aromatic ring is 1. The normalized spacial score (nSPS) is 11.8. The fourth-order valence-electron chi connectivity index (χ4n) is 1.94. The number of nitrogens with one attached hydrogen (secondary N) is 2. The average molecular weight is 304 g/mol. The summed E-state index contributed by atoms with van der Waals surface area (Å²) >= 11 is 0. The lowest BCUT2D eigenvalue weighted by Gasteiger charge is -2.09. The van der Waals surface area contributed by atoms with E-state index in [0.717, 1.165) is 0 Å². The van der Waals surface area contributed by atoms with E-state index in [2.05, 4.69) is 24.9 Å². The van der Waals surface area contributed by atoms with Crippen LogP contribution in [0.5, 0.6) is 0 Å². The Morgan fingerprint density at radius 3 is 2.86 bits per heavy atom. The number of anilines is 1. The molecule has 21 heavy (non-hydrogen) atoms. The summed E-state index contributed by atoms with van der Waals surface area (Å²) in [4.78, 5) is 8.05. The third kappa shape index (κ3) is 2.56. The molecule has 3 rings (SSSR count). The first kappa shape index (κ1) is 13.5. The van der Waals surface area contributed by atoms with Gasteiger partial charge in [-0.2, -0.15) is 5.10 Å². The van der Waals surface area contributed by atoms with E-state index in [1.807, 2.05) is 0 Å². The Balaban J connectivity index is 2.01. The van der Waals surface area contributed by atoms with Gasteiger partial charge in [-0.15, -0.1) is 0 Å². The number of fused-ring (bicyclic) bond motifs is 1. The van der Waals surface area contributed by atoms with Crippen LogP contribution in [0.1, 0.15) is 5.82 Å². The van der Waals surface area contributed by atoms with E-state index >= 15 is 0 Å². The number of sulfonamides is 1. The quantitative estimate of drug-likeness (QED) is 0.599. The molecule has 2 heterocycles. The maximum Gasteiger partial charge on any atom is 0.243 e. The number of rotatable bonds is 4. The van der Waals surface area contributed by atoms with Gasteiger partial charge < -0.3 is 5.73 Å². The fourth-order valence-corrected chi connectivity index (χ4v) is 3.09. The number of nitrogens with zero attached hydrogens (tertiary/aromatic N) is 3. The molecule has 0 saturated heterocycles. The average Bonchev–Trinajstić information content (AvgIpc) is 2.99. The van der Waals surface area contributed by atoms with E-state index in [0.29, 0.717) is 22.4 Å². The minimum Gasteiger partial charge on any atom is -0.398 e. The van der Waals surface area contributed by atoms with Gasteiger partial charge in [-0.05, 0) is 24.3 Å². The van der Waals surface area contributed by atoms with Crippen molar-refractivity contribution in [3.63, 3.8) is 0 Å². The topological polar surface area (TPSA) is 127 Å². The van der Waals surface area contributed by atoms with Crippen molar-refractivity contribution in [1.29, 1.82) is 0 Å². The van der Waals surface area contributed by atoms with Gasteiger partial charge in [0, 0.05) is 17.3 Å². The molecular weight excluding hydrogens is 292 g/mol. The lowest BCUT2D eigenvalue weighted by Crippen LogP contribution is -2.24. The van der Waals surface area contributed by atoms with Gasteiger partial charge in [0.15, 0.2) is 0 Å². The molecule has 0 spiro atoms. The van der Waals surface area contributed by atoms with Crippen LogP contribution < -0.4 is 10.5 Å². The van der Waals surface area contributed by atoms with Gasteiger partial charge in [-0.3, -0.25) is 10.1 Å². The highest BCUT2D eigenvalue weighted by Crippen LogP contribution is 2.25. The number of hydrogen-bond acceptors (Lipinski definition) is 6. The molecule has 3 aromatic rings. The summed E-state index contributed by atoms with van der Waals surface area (Å²) < 4.78 is 27.2. The predicted molar refractivity (Wildman–Crippen MR) is 76.6 cm³/mol. The zero-order chi connectivity index (χ0) is 14.9. The molecule has 0 unspecified atom stereocenters. The van der Waals surface area contributed by atoms with Gasteiger partial charge in [0.1, 0.15) is 17.0 Å². The van der Waals surface area contributed by atoms with E-state index in [9.17, 15) is 8.42 Å². The summed E-state index contributed by atoms with van der Waals surface area (Å²) in [6.07, 6.45) is 2.83. The van der Waals surface area contributed by atoms with Gasteiger partial charge in [-0.25, -0.2) is 18.1 Å². The number of pyridine rings is 1. The highest BCUT2D eigenvalue weighted by Gasteiger charge is 2.19. The zero-order valence-corrected chi connectivity index (χ0v) is 11.6. The number of H-pyrrole nitrogens is 1. The molecular formula is C12H12N6O2S. The maximum atomic E-state index is 12.4. The van der Waals surface area contributed by atoms with Crippen LogP contribution in [0, 0.1) is 0 Å². The maximum absolute atomic E-state index is 12.4. The monoisotopic (exact) mass is 304 g/mol. The first-order valence-electron chi connectivity index (χ1n) is 6.05. The second-order valence-electron chi connectivity index (χ2n) is 4.31. The molecule has 0 saturated carbocycles. The third-order valence-electron chi connectivity index (χ3n) is 2.95. The lowest BCUT2D eigenvalue weighted by atomic mass is 10.2. The second-order valence-corrected chi connectivity index (χ2v) is 6.04. The van der Waals surface area contributed by atoms with E-state index in [1.54, 1.807) is 18.2 Å². The summed E-state index contributed by atoms with van der Waals surface area (Å²) in [6.45, 7) is 0.0149. The smallest absolute Gasteiger partial charge is 0.243 e. The van der Waals surface area contributed by atoms with Crippen LogP contribution in [-0.4, -0.2) is 28.6 Å². The molecule has 1 aromatic carbocycles. The highest BCUT2D eigenvalue weighted by molar-refractivity contribution is 7.89. The SMILES string of the molecule is Nc1ccc(S(=O)(=O)NCc2ncn[nH]2)c2ncccc12. The van der Waals surface area contributed by atoms with Crippen molar-refractivity contribution in [2.45, 2.75) is 11.4 Å². The Hall–Kier alpha value is -2.52. The molecule has 108 valence electrons. The molecule has 0 amide bonds. The third-order valence-corrected chi connectivity index (χ3v) is 4.38. The fraction of sp³-hybridized carbons (Fsp3) is 0.0833. The largest absolute Gasteiger partial charge is 0.398 e. The van der Waals surface area contributed by atoms with Gasteiger partial charge in [0.05, 0.1) is 12.1 Å². The van der Waals surface area contributed by atoms with Crippen molar-refractivity contribution in [3.05, 3.63) is 42.6 Å². The summed E-state index contributed by atoms with van der Waals surface area (Å²) in [5.74, 6) is 0.422. The van der Waals surface area contributed by atoms with Crippen molar-refractivity contribution in [3.8, 4) is 0 Å². The minimum absolute atomic E-state index is 0.0149. The molecule has 0 fully saturated rings. The lowest BCUT2D eigenvalue weighted by molar-refractivity contribution is 0.580. The van der Waals surface area contributed by atoms with Gasteiger partial charge >= 0.3 is 0 Å². The first-order chi connectivity index (χ1) is 10.1. The van der Waals surface area contributed by atoms with Crippen LogP contribution in [0.2, 0.25) is 0 Å². The van der Waals surface area contributed by atoms with Crippen molar-refractivity contribution in [2.24, 2.45) is 0 Å². The number of hydrogen-bond donors (Lipinski definition) is 3. The van der Waals surface area contributed by atoms with E-state index in [4.69, 9.17) is 5.73 Å². The van der Waals surface area contributed by atoms with Crippen molar-refractivity contribution in [1.82, 2.24) is 24.9 Å². The van der Waals surface area contributed by atoms with Crippen LogP contribution in [0.25, 0.3) is 10.9 Å². The van der Waals surface area contributed by atoms with Crippen LogP contribution in [-0.2, 0) is 16.6 Å². The molecule has 0 aliphatic rings. The molecule has 2 aromatic heterocycles. The van der Waals surface area contributed by atoms with E-state index in [1.165, 1.54) is 18.6 Å². The van der Waals surface area contributed by atoms with Gasteiger partial charge in [-0.1, -0.05) is 0 Å². The van der Waals surface area contributed by atoms with Crippen LogP contribution >= 0.6 is 0 Å². The van der Waals surface area contributed by atoms with Crippen molar-refractivity contribution < 1.29 is 8.42 Å². The summed E-state index contributed by atoms with van der Waals surface area (Å²) in [6, 6.07) is 6.42. The summed E-state index contributed by atoms with van der Waals surface area (Å²) in [7, 11) is -3.74.